The maximum atomic E-state index is 8.97. The fraction of sp³-hybridized carbons (Fsp3) is 0.295. The smallest absolute Gasteiger partial charge is 0.110 e. The zero-order chi connectivity index (χ0) is 39.8. The molecule has 2 aliphatic rings. The Morgan fingerprint density at radius 1 is 0.623 bits per heavy atom. The average molecular weight is 939 g/mol. The van der Waals surface area contributed by atoms with Gasteiger partial charge in [0, 0.05) is 59.5 Å². The van der Waals surface area contributed by atoms with Crippen molar-refractivity contribution in [2.24, 2.45) is 20.1 Å². The molecule has 4 aromatic carbocycles. The van der Waals surface area contributed by atoms with E-state index in [1.807, 2.05) is 116 Å². The van der Waals surface area contributed by atoms with Crippen molar-refractivity contribution in [3.63, 3.8) is 0 Å². The third-order valence-electron chi connectivity index (χ3n) is 7.59. The second-order valence-corrected chi connectivity index (χ2v) is 10.4. The molecule has 0 saturated heterocycles. The molecule has 0 amide bonds. The normalized spacial score (nSPS) is 11.9. The summed E-state index contributed by atoms with van der Waals surface area (Å²) in [6.45, 7) is 22.9. The molecule has 0 aliphatic carbocycles. The molecule has 53 heavy (non-hydrogen) atoms. The van der Waals surface area contributed by atoms with Gasteiger partial charge in [-0.1, -0.05) is 158 Å². The highest BCUT2D eigenvalue weighted by Crippen LogP contribution is 2.28. The van der Waals surface area contributed by atoms with Gasteiger partial charge in [0.05, 0.1) is 58.7 Å². The minimum Gasteiger partial charge on any atom is -0.411 e. The quantitative estimate of drug-likeness (QED) is 0.0845. The predicted molar refractivity (Wildman–Crippen MR) is 248 cm³/mol. The number of aromatic nitrogens is 2. The van der Waals surface area contributed by atoms with Crippen LogP contribution in [0.2, 0.25) is 0 Å². The van der Waals surface area contributed by atoms with Crippen molar-refractivity contribution in [3.8, 4) is 5.69 Å². The Bertz CT molecular complexity index is 1910. The van der Waals surface area contributed by atoms with Crippen LogP contribution in [-0.4, -0.2) is 44.1 Å². The number of fused-ring (bicyclic) bond motifs is 4. The number of imidazole rings is 1. The monoisotopic (exact) mass is 938 g/mol. The van der Waals surface area contributed by atoms with Crippen molar-refractivity contribution in [1.82, 2.24) is 9.55 Å². The lowest BCUT2D eigenvalue weighted by Crippen LogP contribution is -2.14. The summed E-state index contributed by atoms with van der Waals surface area (Å²) in [4.78, 5) is 18.8. The molecule has 5 aromatic rings. The molecule has 0 fully saturated rings. The molecule has 9 heteroatoms. The average Bonchev–Trinajstić information content (AvgIpc) is 3.38. The molecule has 7 rings (SSSR count). The molecule has 1 aromatic heterocycles. The zero-order valence-electron chi connectivity index (χ0n) is 33.2. The molecular formula is C44H56I2N6O. The van der Waals surface area contributed by atoms with Gasteiger partial charge in [-0.2, -0.15) is 0 Å². The molecule has 0 radical (unpaired) electrons. The largest absolute Gasteiger partial charge is 0.411 e. The Kier molecular flexibility index (Phi) is 23.7. The number of oxime groups is 1. The van der Waals surface area contributed by atoms with Gasteiger partial charge in [0.1, 0.15) is 5.82 Å². The molecule has 0 spiro atoms. The van der Waals surface area contributed by atoms with Gasteiger partial charge in [0.2, 0.25) is 0 Å². The van der Waals surface area contributed by atoms with E-state index in [0.29, 0.717) is 24.5 Å². The van der Waals surface area contributed by atoms with Crippen molar-refractivity contribution in [2.45, 2.75) is 82.7 Å². The SMILES string of the molecule is CC.CC.CC.CC.CC(=NO)C1=Nc2ccccc2C(c2ccccc2)=NC1.Cc1nc(C)n2c1CN=C(c1ccccc1)c1ccccc1-2.II. The summed E-state index contributed by atoms with van der Waals surface area (Å²) in [5.74, 6) is 1.02. The summed E-state index contributed by atoms with van der Waals surface area (Å²) < 4.78 is 2.24. The van der Waals surface area contributed by atoms with E-state index in [9.17, 15) is 0 Å². The predicted octanol–water partition coefficient (Wildman–Crippen LogP) is 13.2. The molecule has 0 atom stereocenters. The second kappa shape index (κ2) is 26.7. The zero-order valence-corrected chi connectivity index (χ0v) is 37.5. The lowest BCUT2D eigenvalue weighted by molar-refractivity contribution is 0.320. The van der Waals surface area contributed by atoms with E-state index in [1.165, 1.54) is 5.69 Å². The summed E-state index contributed by atoms with van der Waals surface area (Å²) in [6, 6.07) is 36.8. The van der Waals surface area contributed by atoms with E-state index in [-0.39, 0.29) is 0 Å². The lowest BCUT2D eigenvalue weighted by Gasteiger charge is -2.12. The summed E-state index contributed by atoms with van der Waals surface area (Å²) in [6.07, 6.45) is 0. The van der Waals surface area contributed by atoms with Crippen LogP contribution in [0.3, 0.4) is 0 Å². The van der Waals surface area contributed by atoms with Gasteiger partial charge in [0.25, 0.3) is 0 Å². The first-order valence-corrected chi connectivity index (χ1v) is 24.7. The van der Waals surface area contributed by atoms with Crippen LogP contribution in [0.1, 0.15) is 102 Å². The van der Waals surface area contributed by atoms with Crippen LogP contribution in [0.15, 0.2) is 129 Å². The summed E-state index contributed by atoms with van der Waals surface area (Å²) >= 11 is 4.24. The van der Waals surface area contributed by atoms with E-state index in [2.05, 4.69) is 124 Å². The van der Waals surface area contributed by atoms with Crippen LogP contribution in [-0.2, 0) is 6.54 Å². The van der Waals surface area contributed by atoms with E-state index in [0.717, 1.165) is 56.6 Å². The van der Waals surface area contributed by atoms with Crippen LogP contribution in [0.4, 0.5) is 5.69 Å². The third-order valence-corrected chi connectivity index (χ3v) is 7.59. The minimum atomic E-state index is 0.398. The van der Waals surface area contributed by atoms with Gasteiger partial charge in [-0.15, -0.1) is 0 Å². The first kappa shape index (κ1) is 47.1. The molecule has 0 bridgehead atoms. The van der Waals surface area contributed by atoms with Crippen LogP contribution < -0.4 is 0 Å². The van der Waals surface area contributed by atoms with Crippen LogP contribution in [0.25, 0.3) is 5.69 Å². The topological polar surface area (TPSA) is 87.5 Å². The number of aliphatic imine (C=N–C) groups is 3. The first-order chi connectivity index (χ1) is 26.0. The number of aryl methyl sites for hydroxylation is 2. The second-order valence-electron chi connectivity index (χ2n) is 10.4. The summed E-state index contributed by atoms with van der Waals surface area (Å²) in [5, 5.41) is 12.2. The van der Waals surface area contributed by atoms with Crippen LogP contribution in [0.5, 0.6) is 0 Å². The summed E-state index contributed by atoms with van der Waals surface area (Å²) in [7, 11) is 0. The Balaban J connectivity index is 0.000000430. The Hall–Kier alpha value is -3.97. The molecule has 0 unspecified atom stereocenters. The molecular weight excluding hydrogens is 882 g/mol. The highest BCUT2D eigenvalue weighted by atomic mass is 128. The van der Waals surface area contributed by atoms with Gasteiger partial charge in [-0.3, -0.25) is 14.6 Å². The number of hydrogen-bond acceptors (Lipinski definition) is 6. The van der Waals surface area contributed by atoms with E-state index < -0.39 is 0 Å². The van der Waals surface area contributed by atoms with Crippen LogP contribution >= 0.6 is 37.2 Å². The Morgan fingerprint density at radius 2 is 1.08 bits per heavy atom. The number of nitrogens with zero attached hydrogens (tertiary/aromatic N) is 6. The molecule has 1 N–H and O–H groups in total. The van der Waals surface area contributed by atoms with E-state index in [4.69, 9.17) is 10.2 Å². The molecule has 282 valence electrons. The van der Waals surface area contributed by atoms with Crippen molar-refractivity contribution in [2.75, 3.05) is 6.54 Å². The number of hydrogen-bond donors (Lipinski definition) is 1. The number of rotatable bonds is 3. The van der Waals surface area contributed by atoms with Crippen molar-refractivity contribution < 1.29 is 5.21 Å². The van der Waals surface area contributed by atoms with Crippen LogP contribution in [0, 0.1) is 13.8 Å². The number of halogens is 2. The van der Waals surface area contributed by atoms with E-state index in [1.54, 1.807) is 6.92 Å². The highest BCUT2D eigenvalue weighted by molar-refractivity contribution is 15.0. The lowest BCUT2D eigenvalue weighted by atomic mass is 10.0. The molecule has 2 aliphatic heterocycles. The van der Waals surface area contributed by atoms with Gasteiger partial charge in [0.15, 0.2) is 0 Å². The maximum absolute atomic E-state index is 8.97. The Morgan fingerprint density at radius 3 is 1.62 bits per heavy atom. The van der Waals surface area contributed by atoms with Crippen molar-refractivity contribution in [1.29, 1.82) is 0 Å². The fourth-order valence-corrected chi connectivity index (χ4v) is 5.46. The minimum absolute atomic E-state index is 0.398. The first-order valence-electron chi connectivity index (χ1n) is 18.4. The third kappa shape index (κ3) is 12.6. The fourth-order valence-electron chi connectivity index (χ4n) is 5.46. The van der Waals surface area contributed by atoms with Gasteiger partial charge >= 0.3 is 0 Å². The van der Waals surface area contributed by atoms with Crippen molar-refractivity contribution in [3.05, 3.63) is 149 Å². The number of benzene rings is 4. The van der Waals surface area contributed by atoms with Crippen molar-refractivity contribution >= 4 is 65.8 Å². The molecule has 0 saturated carbocycles. The molecule has 3 heterocycles. The molecule has 7 nitrogen and oxygen atoms in total. The van der Waals surface area contributed by atoms with E-state index >= 15 is 0 Å². The van der Waals surface area contributed by atoms with Gasteiger partial charge < -0.3 is 5.21 Å². The van der Waals surface area contributed by atoms with Gasteiger partial charge in [-0.05, 0) is 32.9 Å². The van der Waals surface area contributed by atoms with Gasteiger partial charge in [-0.25, -0.2) is 9.98 Å². The summed E-state index contributed by atoms with van der Waals surface area (Å²) in [5.41, 5.74) is 11.7. The highest BCUT2D eigenvalue weighted by Gasteiger charge is 2.22. The maximum Gasteiger partial charge on any atom is 0.110 e. The number of para-hydroxylation sites is 2. The Labute approximate surface area is 341 Å². The standard InChI is InChI=1S/C19H17N3.C17H15N3O.4C2H6.I2/c1-13-18-12-20-19(15-8-4-3-5-9-15)16-10-6-7-11-17(16)22(18)14(2)21-13;1-12(20-21)16-11-18-17(13-7-3-2-4-8-13)14-9-5-6-10-15(14)19-16;5*1-2/h3-11H,12H2,1-2H3;2-10,21H,11H2,1H3;4*1-2H3;.